The van der Waals surface area contributed by atoms with Crippen LogP contribution < -0.4 is 5.73 Å². The third-order valence-electron chi connectivity index (χ3n) is 1.72. The maximum absolute atomic E-state index is 11.0. The molecular weight excluding hydrogens is 300 g/mol. The fourth-order valence-electron chi connectivity index (χ4n) is 1.04. The van der Waals surface area contributed by atoms with Crippen molar-refractivity contribution in [3.63, 3.8) is 0 Å². The van der Waals surface area contributed by atoms with Crippen molar-refractivity contribution in [3.8, 4) is 0 Å². The number of carboxylic acid groups (broad SMARTS) is 1. The monoisotopic (exact) mass is 301 g/mol. The van der Waals surface area contributed by atoms with E-state index in [1.165, 1.54) is 0 Å². The fraction of sp³-hybridized carbons (Fsp3) is 0. The summed E-state index contributed by atoms with van der Waals surface area (Å²) in [7, 11) is 0. The van der Waals surface area contributed by atoms with Crippen LogP contribution in [0, 0.1) is 0 Å². The molecule has 3 N–H and O–H groups in total. The number of carboxylic acids is 1. The topological polar surface area (TPSA) is 80.4 Å². The minimum Gasteiger partial charge on any atom is -0.478 e. The number of aromatic carboxylic acids is 1. The lowest BCUT2D eigenvalue weighted by molar-refractivity contribution is 0.0697. The number of hydrogen-bond acceptors (Lipinski definition) is 2. The second kappa shape index (κ2) is 4.67. The van der Waals surface area contributed by atoms with Crippen molar-refractivity contribution in [2.75, 3.05) is 0 Å². The zero-order valence-electron chi connectivity index (χ0n) is 7.35. The van der Waals surface area contributed by atoms with Gasteiger partial charge in [0.25, 0.3) is 5.91 Å². The van der Waals surface area contributed by atoms with E-state index < -0.39 is 22.5 Å². The van der Waals surface area contributed by atoms with Crippen molar-refractivity contribution in [2.45, 2.75) is 0 Å². The van der Waals surface area contributed by atoms with Crippen LogP contribution in [0.2, 0.25) is 20.1 Å². The predicted octanol–water partition coefficient (Wildman–Crippen LogP) is 3.10. The van der Waals surface area contributed by atoms with Crippen molar-refractivity contribution in [1.29, 1.82) is 0 Å². The molecule has 0 aromatic heterocycles. The van der Waals surface area contributed by atoms with Crippen LogP contribution in [0.4, 0.5) is 0 Å². The summed E-state index contributed by atoms with van der Waals surface area (Å²) in [4.78, 5) is 21.9. The maximum atomic E-state index is 11.0. The summed E-state index contributed by atoms with van der Waals surface area (Å²) < 4.78 is 0. The Balaban J connectivity index is 3.80. The number of carbonyl (C=O) groups is 2. The first kappa shape index (κ1) is 13.4. The van der Waals surface area contributed by atoms with Crippen LogP contribution in [-0.4, -0.2) is 17.0 Å². The first-order valence-corrected chi connectivity index (χ1v) is 5.19. The maximum Gasteiger partial charge on any atom is 0.338 e. The van der Waals surface area contributed by atoms with Crippen LogP contribution in [0.25, 0.3) is 0 Å². The van der Waals surface area contributed by atoms with Crippen molar-refractivity contribution < 1.29 is 14.7 Å². The highest BCUT2D eigenvalue weighted by Crippen LogP contribution is 2.40. The van der Waals surface area contributed by atoms with Gasteiger partial charge in [-0.15, -0.1) is 0 Å². The van der Waals surface area contributed by atoms with E-state index in [0.717, 1.165) is 0 Å². The fourth-order valence-corrected chi connectivity index (χ4v) is 2.29. The molecule has 0 fully saturated rings. The highest BCUT2D eigenvalue weighted by Gasteiger charge is 2.26. The summed E-state index contributed by atoms with van der Waals surface area (Å²) in [6, 6.07) is 0. The lowest BCUT2D eigenvalue weighted by atomic mass is 10.1. The van der Waals surface area contributed by atoms with Gasteiger partial charge >= 0.3 is 5.97 Å². The van der Waals surface area contributed by atoms with Crippen LogP contribution in [-0.2, 0) is 0 Å². The highest BCUT2D eigenvalue weighted by molar-refractivity contribution is 6.53. The van der Waals surface area contributed by atoms with Gasteiger partial charge in [-0.3, -0.25) is 4.79 Å². The van der Waals surface area contributed by atoms with Crippen LogP contribution in [0.3, 0.4) is 0 Å². The molecule has 0 aliphatic rings. The van der Waals surface area contributed by atoms with Gasteiger partial charge in [-0.1, -0.05) is 46.4 Å². The molecule has 0 heterocycles. The molecule has 0 atom stereocenters. The Kier molecular flexibility index (Phi) is 3.91. The second-order valence-corrected chi connectivity index (χ2v) is 4.19. The standard InChI is InChI=1S/C8H3Cl4NO3/c9-3-1(7(13)14)4(10)6(12)5(11)2(3)8(15)16/h(H2,13,14)(H,15,16). The normalized spacial score (nSPS) is 10.2. The predicted molar refractivity (Wildman–Crippen MR) is 62.0 cm³/mol. The third-order valence-corrected chi connectivity index (χ3v) is 3.43. The van der Waals surface area contributed by atoms with Crippen LogP contribution >= 0.6 is 46.4 Å². The highest BCUT2D eigenvalue weighted by atomic mass is 35.5. The molecule has 4 nitrogen and oxygen atoms in total. The summed E-state index contributed by atoms with van der Waals surface area (Å²) in [5.74, 6) is -2.42. The van der Waals surface area contributed by atoms with E-state index in [0.29, 0.717) is 0 Å². The molecule has 0 bridgehead atoms. The average Bonchev–Trinajstić information content (AvgIpc) is 2.13. The largest absolute Gasteiger partial charge is 0.478 e. The Bertz CT molecular complexity index is 460. The van der Waals surface area contributed by atoms with Gasteiger partial charge in [0.05, 0.1) is 31.2 Å². The molecule has 0 saturated carbocycles. The smallest absolute Gasteiger partial charge is 0.338 e. The number of amides is 1. The average molecular weight is 303 g/mol. The summed E-state index contributed by atoms with van der Waals surface area (Å²) in [5.41, 5.74) is 4.13. The van der Waals surface area contributed by atoms with Crippen molar-refractivity contribution in [1.82, 2.24) is 0 Å². The molecule has 1 amide bonds. The molecule has 0 aliphatic carbocycles. The number of rotatable bonds is 2. The summed E-state index contributed by atoms with van der Waals surface area (Å²) in [6.07, 6.45) is 0. The molecule has 86 valence electrons. The Labute approximate surface area is 110 Å². The van der Waals surface area contributed by atoms with Crippen LogP contribution in [0.15, 0.2) is 0 Å². The summed E-state index contributed by atoms with van der Waals surface area (Å²) >= 11 is 22.6. The van der Waals surface area contributed by atoms with Gasteiger partial charge < -0.3 is 10.8 Å². The van der Waals surface area contributed by atoms with Crippen molar-refractivity contribution in [2.24, 2.45) is 5.73 Å². The molecular formula is C8H3Cl4NO3. The summed E-state index contributed by atoms with van der Waals surface area (Å²) in [5, 5.41) is 7.53. The van der Waals surface area contributed by atoms with E-state index >= 15 is 0 Å². The van der Waals surface area contributed by atoms with E-state index in [4.69, 9.17) is 57.2 Å². The van der Waals surface area contributed by atoms with E-state index in [-0.39, 0.29) is 20.6 Å². The van der Waals surface area contributed by atoms with Crippen molar-refractivity contribution >= 4 is 58.3 Å². The molecule has 0 saturated heterocycles. The first-order valence-electron chi connectivity index (χ1n) is 3.68. The number of halogens is 4. The molecule has 0 spiro atoms. The van der Waals surface area contributed by atoms with Gasteiger partial charge in [0.2, 0.25) is 0 Å². The zero-order valence-corrected chi connectivity index (χ0v) is 10.4. The number of primary amides is 1. The first-order chi connectivity index (χ1) is 7.29. The summed E-state index contributed by atoms with van der Waals surface area (Å²) in [6.45, 7) is 0. The van der Waals surface area contributed by atoms with Crippen LogP contribution in [0.1, 0.15) is 20.7 Å². The Morgan fingerprint density at radius 1 is 0.875 bits per heavy atom. The number of nitrogens with two attached hydrogens (primary N) is 1. The molecule has 0 aliphatic heterocycles. The quantitative estimate of drug-likeness (QED) is 0.650. The van der Waals surface area contributed by atoms with Gasteiger partial charge in [-0.05, 0) is 0 Å². The van der Waals surface area contributed by atoms with Gasteiger partial charge in [-0.2, -0.15) is 0 Å². The molecule has 0 unspecified atom stereocenters. The Hall–Kier alpha value is -0.680. The minimum atomic E-state index is -1.43. The number of hydrogen-bond donors (Lipinski definition) is 2. The number of benzene rings is 1. The molecule has 1 aromatic carbocycles. The van der Waals surface area contributed by atoms with Gasteiger partial charge in [-0.25, -0.2) is 4.79 Å². The van der Waals surface area contributed by atoms with E-state index in [2.05, 4.69) is 0 Å². The Morgan fingerprint density at radius 2 is 1.31 bits per heavy atom. The Morgan fingerprint density at radius 3 is 1.69 bits per heavy atom. The second-order valence-electron chi connectivity index (χ2n) is 2.68. The molecule has 0 radical (unpaired) electrons. The van der Waals surface area contributed by atoms with E-state index in [9.17, 15) is 9.59 Å². The third kappa shape index (κ3) is 2.06. The minimum absolute atomic E-state index is 0.269. The lowest BCUT2D eigenvalue weighted by Gasteiger charge is -2.10. The molecule has 1 aromatic rings. The van der Waals surface area contributed by atoms with E-state index in [1.54, 1.807) is 0 Å². The van der Waals surface area contributed by atoms with Crippen LogP contribution in [0.5, 0.6) is 0 Å². The molecule has 8 heteroatoms. The van der Waals surface area contributed by atoms with E-state index in [1.807, 2.05) is 0 Å². The van der Waals surface area contributed by atoms with Gasteiger partial charge in [0.15, 0.2) is 0 Å². The van der Waals surface area contributed by atoms with Crippen molar-refractivity contribution in [3.05, 3.63) is 31.2 Å². The molecule has 16 heavy (non-hydrogen) atoms. The SMILES string of the molecule is NC(=O)c1c(Cl)c(Cl)c(Cl)c(C(=O)O)c1Cl. The number of carbonyl (C=O) groups excluding carboxylic acids is 1. The van der Waals surface area contributed by atoms with Gasteiger partial charge in [0.1, 0.15) is 0 Å². The lowest BCUT2D eigenvalue weighted by Crippen LogP contribution is -2.15. The van der Waals surface area contributed by atoms with Gasteiger partial charge in [0, 0.05) is 0 Å². The zero-order chi connectivity index (χ0) is 12.6. The molecule has 1 rings (SSSR count).